The summed E-state index contributed by atoms with van der Waals surface area (Å²) in [6.07, 6.45) is 10.8. The molecule has 0 amide bonds. The molecular weight excluding hydrogens is 462 g/mol. The van der Waals surface area contributed by atoms with Crippen molar-refractivity contribution in [3.63, 3.8) is 0 Å². The minimum Gasteiger partial charge on any atom is -0.418 e. The fourth-order valence-corrected chi connectivity index (χ4v) is 2.93. The molecule has 1 aliphatic rings. The largest absolute Gasteiger partial charge is 0.418 e. The number of imidazole rings is 1. The van der Waals surface area contributed by atoms with E-state index in [2.05, 4.69) is 65.8 Å². The van der Waals surface area contributed by atoms with Crippen molar-refractivity contribution in [2.45, 2.75) is 0 Å². The van der Waals surface area contributed by atoms with Gasteiger partial charge in [-0.15, -0.1) is 6.08 Å². The molecule has 0 atom stereocenters. The zero-order valence-electron chi connectivity index (χ0n) is 12.9. The molecule has 0 N–H and O–H groups in total. The molecule has 0 saturated carbocycles. The van der Waals surface area contributed by atoms with Gasteiger partial charge in [-0.3, -0.25) is 0 Å². The molecule has 4 heteroatoms. The molecule has 0 unspecified atom stereocenters. The molecule has 0 bridgehead atoms. The zero-order valence-corrected chi connectivity index (χ0v) is 15.3. The van der Waals surface area contributed by atoms with Crippen LogP contribution in [0.15, 0.2) is 54.9 Å². The van der Waals surface area contributed by atoms with Crippen molar-refractivity contribution in [3.05, 3.63) is 72.8 Å². The second-order valence-electron chi connectivity index (χ2n) is 5.49. The Morgan fingerprint density at radius 3 is 2.39 bits per heavy atom. The normalized spacial score (nSPS) is 12.2. The molecule has 1 aliphatic heterocycles. The van der Waals surface area contributed by atoms with E-state index in [1.165, 1.54) is 16.7 Å². The third-order valence-corrected chi connectivity index (χ3v) is 3.91. The van der Waals surface area contributed by atoms with Crippen LogP contribution in [0.2, 0.25) is 0 Å². The summed E-state index contributed by atoms with van der Waals surface area (Å²) in [5.41, 5.74) is 4.72. The van der Waals surface area contributed by atoms with Crippen molar-refractivity contribution < 1.29 is 24.7 Å². The number of hydrogen-bond acceptors (Lipinski definition) is 1. The quantitative estimate of drug-likeness (QED) is 0.386. The molecule has 117 valence electrons. The van der Waals surface area contributed by atoms with Crippen molar-refractivity contribution in [2.24, 2.45) is 14.1 Å². The van der Waals surface area contributed by atoms with E-state index in [1.807, 2.05) is 35.6 Å². The summed E-state index contributed by atoms with van der Waals surface area (Å²) in [5, 5.41) is 0. The molecular formula is C19H16IrN3-. The molecule has 23 heavy (non-hydrogen) atoms. The van der Waals surface area contributed by atoms with Crippen LogP contribution in [0.5, 0.6) is 0 Å². The van der Waals surface area contributed by atoms with Crippen molar-refractivity contribution in [3.8, 4) is 11.1 Å². The van der Waals surface area contributed by atoms with Gasteiger partial charge in [-0.05, 0) is 17.4 Å². The minimum absolute atomic E-state index is 0. The van der Waals surface area contributed by atoms with E-state index in [0.717, 1.165) is 11.5 Å². The zero-order chi connectivity index (χ0) is 15.1. The fourth-order valence-electron chi connectivity index (χ4n) is 2.93. The Bertz CT molecular complexity index is 880. The van der Waals surface area contributed by atoms with Gasteiger partial charge in [0, 0.05) is 27.2 Å². The number of aryl methyl sites for hydroxylation is 2. The maximum absolute atomic E-state index is 3.41. The Balaban J connectivity index is 0.00000156. The Kier molecular flexibility index (Phi) is 4.20. The summed E-state index contributed by atoms with van der Waals surface area (Å²) in [4.78, 5) is 2.06. The smallest absolute Gasteiger partial charge is 0.0881 e. The third-order valence-electron chi connectivity index (χ3n) is 3.91. The van der Waals surface area contributed by atoms with Gasteiger partial charge in [0.1, 0.15) is 0 Å². The number of fused-ring (bicyclic) bond motifs is 3. The number of nitrogens with zero attached hydrogens (tertiary/aromatic N) is 3. The summed E-state index contributed by atoms with van der Waals surface area (Å²) in [6, 6.07) is 16.8. The molecule has 1 radical (unpaired) electrons. The van der Waals surface area contributed by atoms with Crippen molar-refractivity contribution >= 4 is 17.6 Å². The van der Waals surface area contributed by atoms with Crippen LogP contribution in [-0.2, 0) is 34.2 Å². The Hall–Kier alpha value is -2.16. The van der Waals surface area contributed by atoms with E-state index in [4.69, 9.17) is 0 Å². The molecule has 1 aromatic heterocycles. The van der Waals surface area contributed by atoms with E-state index in [0.29, 0.717) is 0 Å². The monoisotopic (exact) mass is 479 g/mol. The van der Waals surface area contributed by atoms with E-state index in [1.54, 1.807) is 0 Å². The topological polar surface area (TPSA) is 12.0 Å². The van der Waals surface area contributed by atoms with Crippen LogP contribution in [0.1, 0.15) is 5.56 Å². The molecule has 0 spiro atoms. The van der Waals surface area contributed by atoms with Gasteiger partial charge in [0.2, 0.25) is 0 Å². The Morgan fingerprint density at radius 2 is 1.65 bits per heavy atom. The number of para-hydroxylation sites is 1. The van der Waals surface area contributed by atoms with Gasteiger partial charge in [-0.1, -0.05) is 65.9 Å². The summed E-state index contributed by atoms with van der Waals surface area (Å²) in [7, 11) is 4.00. The Labute approximate surface area is 149 Å². The predicted octanol–water partition coefficient (Wildman–Crippen LogP) is 3.24. The number of benzene rings is 2. The van der Waals surface area contributed by atoms with E-state index in [-0.39, 0.29) is 20.1 Å². The van der Waals surface area contributed by atoms with E-state index >= 15 is 0 Å². The van der Waals surface area contributed by atoms with Gasteiger partial charge in [-0.25, -0.2) is 0 Å². The van der Waals surface area contributed by atoms with Gasteiger partial charge in [0.25, 0.3) is 0 Å². The third kappa shape index (κ3) is 2.65. The van der Waals surface area contributed by atoms with Crippen molar-refractivity contribution in [2.75, 3.05) is 4.90 Å². The molecule has 4 rings (SSSR count). The first-order chi connectivity index (χ1) is 10.7. The predicted molar refractivity (Wildman–Crippen MR) is 87.1 cm³/mol. The molecule has 2 aromatic carbocycles. The van der Waals surface area contributed by atoms with Gasteiger partial charge >= 0.3 is 0 Å². The average molecular weight is 479 g/mol. The van der Waals surface area contributed by atoms with Crippen LogP contribution >= 0.6 is 0 Å². The maximum Gasteiger partial charge on any atom is 0.0881 e. The number of anilines is 2. The first-order valence-electron chi connectivity index (χ1n) is 7.26. The summed E-state index contributed by atoms with van der Waals surface area (Å²) in [6.45, 7) is 0. The first-order valence-corrected chi connectivity index (χ1v) is 7.26. The van der Waals surface area contributed by atoms with Gasteiger partial charge in [0.15, 0.2) is 0 Å². The van der Waals surface area contributed by atoms with Crippen LogP contribution in [-0.4, -0.2) is 4.57 Å². The second-order valence-corrected chi connectivity index (χ2v) is 5.49. The maximum atomic E-state index is 3.41. The van der Waals surface area contributed by atoms with Crippen molar-refractivity contribution in [1.29, 1.82) is 0 Å². The average Bonchev–Trinajstić information content (AvgIpc) is 2.78. The molecule has 2 heterocycles. The summed E-state index contributed by atoms with van der Waals surface area (Å²) >= 11 is 0. The minimum atomic E-state index is 0. The molecule has 0 fully saturated rings. The SMILES string of the molecule is Cn1c[n+](C)[c-]c1N1[C-]=Cc2ccccc2-c2ccccc21.[Ir]. The van der Waals surface area contributed by atoms with E-state index in [9.17, 15) is 0 Å². The molecule has 3 aromatic rings. The van der Waals surface area contributed by atoms with Crippen LogP contribution in [0.25, 0.3) is 17.2 Å². The first kappa shape index (κ1) is 15.7. The second kappa shape index (κ2) is 6.15. The van der Waals surface area contributed by atoms with Gasteiger partial charge in [-0.2, -0.15) is 0 Å². The fraction of sp³-hybridized carbons (Fsp3) is 0.105. The standard InChI is InChI=1S/C19H16N3.Ir/c1-20-13-19(21(2)14-20)22-12-11-15-7-3-4-8-16(15)17-9-5-6-10-18(17)22;/h3-11,14H,1-2H3;/q-1;. The Morgan fingerprint density at radius 1 is 0.957 bits per heavy atom. The van der Waals surface area contributed by atoms with Crippen LogP contribution < -0.4 is 9.47 Å². The van der Waals surface area contributed by atoms with Crippen LogP contribution in [0, 0.1) is 12.4 Å². The molecule has 3 nitrogen and oxygen atoms in total. The number of aromatic nitrogens is 2. The van der Waals surface area contributed by atoms with Gasteiger partial charge in [0.05, 0.1) is 19.2 Å². The van der Waals surface area contributed by atoms with Crippen LogP contribution in [0.3, 0.4) is 0 Å². The van der Waals surface area contributed by atoms with Crippen LogP contribution in [0.4, 0.5) is 11.5 Å². The van der Waals surface area contributed by atoms with Gasteiger partial charge < -0.3 is 14.0 Å². The summed E-state index contributed by atoms with van der Waals surface area (Å²) < 4.78 is 3.98. The number of rotatable bonds is 1. The number of hydrogen-bond donors (Lipinski definition) is 0. The van der Waals surface area contributed by atoms with Crippen molar-refractivity contribution in [1.82, 2.24) is 4.57 Å². The van der Waals surface area contributed by atoms with E-state index < -0.39 is 0 Å². The molecule has 0 aliphatic carbocycles. The summed E-state index contributed by atoms with van der Waals surface area (Å²) in [5.74, 6) is 0.957. The molecule has 0 saturated heterocycles.